The average molecular weight is 226 g/mol. The first kappa shape index (κ1) is 13.5. The lowest BCUT2D eigenvalue weighted by molar-refractivity contribution is -0.134. The standard InChI is InChI=1S/C13H26N2O/c1-4-11(3)15(5-2)13(16)10-12-6-8-14-9-7-12/h11-12,14H,4-10H2,1-3H3. The minimum absolute atomic E-state index is 0.351. The fourth-order valence-electron chi connectivity index (χ4n) is 2.40. The van der Waals surface area contributed by atoms with Gasteiger partial charge in [-0.3, -0.25) is 4.79 Å². The van der Waals surface area contributed by atoms with Crippen molar-refractivity contribution < 1.29 is 4.79 Å². The molecule has 1 heterocycles. The van der Waals surface area contributed by atoms with E-state index in [1.165, 1.54) is 0 Å². The third-order valence-electron chi connectivity index (χ3n) is 3.71. The summed E-state index contributed by atoms with van der Waals surface area (Å²) in [5.74, 6) is 0.954. The van der Waals surface area contributed by atoms with Crippen molar-refractivity contribution in [3.8, 4) is 0 Å². The number of carbonyl (C=O) groups is 1. The summed E-state index contributed by atoms with van der Waals surface area (Å²) in [6.07, 6.45) is 4.11. The summed E-state index contributed by atoms with van der Waals surface area (Å²) in [4.78, 5) is 14.2. The van der Waals surface area contributed by atoms with E-state index in [1.54, 1.807) is 0 Å². The molecule has 0 spiro atoms. The first-order chi connectivity index (χ1) is 7.69. The van der Waals surface area contributed by atoms with E-state index in [9.17, 15) is 4.79 Å². The van der Waals surface area contributed by atoms with E-state index < -0.39 is 0 Å². The van der Waals surface area contributed by atoms with E-state index in [4.69, 9.17) is 0 Å². The first-order valence-corrected chi connectivity index (χ1v) is 6.69. The predicted molar refractivity (Wildman–Crippen MR) is 67.4 cm³/mol. The highest BCUT2D eigenvalue weighted by molar-refractivity contribution is 5.76. The van der Waals surface area contributed by atoms with Crippen molar-refractivity contribution in [1.29, 1.82) is 0 Å². The zero-order chi connectivity index (χ0) is 12.0. The lowest BCUT2D eigenvalue weighted by atomic mass is 9.94. The van der Waals surface area contributed by atoms with Gasteiger partial charge in [0.25, 0.3) is 0 Å². The van der Waals surface area contributed by atoms with Gasteiger partial charge in [-0.1, -0.05) is 6.92 Å². The number of nitrogens with one attached hydrogen (secondary N) is 1. The Morgan fingerprint density at radius 3 is 2.50 bits per heavy atom. The molecule has 0 aromatic heterocycles. The van der Waals surface area contributed by atoms with Crippen molar-refractivity contribution in [3.63, 3.8) is 0 Å². The highest BCUT2D eigenvalue weighted by Crippen LogP contribution is 2.18. The minimum Gasteiger partial charge on any atom is -0.340 e. The van der Waals surface area contributed by atoms with E-state index in [0.717, 1.165) is 45.3 Å². The number of piperidine rings is 1. The van der Waals surface area contributed by atoms with Gasteiger partial charge in [0.1, 0.15) is 0 Å². The maximum Gasteiger partial charge on any atom is 0.223 e. The monoisotopic (exact) mass is 226 g/mol. The number of rotatable bonds is 5. The molecule has 1 unspecified atom stereocenters. The Labute approximate surface area is 99.6 Å². The molecule has 3 heteroatoms. The van der Waals surface area contributed by atoms with Gasteiger partial charge in [-0.15, -0.1) is 0 Å². The first-order valence-electron chi connectivity index (χ1n) is 6.69. The van der Waals surface area contributed by atoms with Crippen LogP contribution in [0.5, 0.6) is 0 Å². The van der Waals surface area contributed by atoms with E-state index in [0.29, 0.717) is 17.9 Å². The number of hydrogen-bond donors (Lipinski definition) is 1. The maximum atomic E-state index is 12.1. The summed E-state index contributed by atoms with van der Waals surface area (Å²) in [6, 6.07) is 0.388. The Morgan fingerprint density at radius 1 is 1.38 bits per heavy atom. The smallest absolute Gasteiger partial charge is 0.223 e. The van der Waals surface area contributed by atoms with Crippen LogP contribution in [-0.2, 0) is 4.79 Å². The summed E-state index contributed by atoms with van der Waals surface area (Å²) in [5.41, 5.74) is 0. The molecule has 16 heavy (non-hydrogen) atoms. The molecule has 0 aliphatic carbocycles. The molecular weight excluding hydrogens is 200 g/mol. The van der Waals surface area contributed by atoms with E-state index >= 15 is 0 Å². The van der Waals surface area contributed by atoms with Gasteiger partial charge in [-0.2, -0.15) is 0 Å². The largest absolute Gasteiger partial charge is 0.340 e. The predicted octanol–water partition coefficient (Wildman–Crippen LogP) is 2.02. The molecule has 1 aliphatic rings. The second kappa shape index (κ2) is 6.89. The molecule has 1 saturated heterocycles. The van der Waals surface area contributed by atoms with Crippen LogP contribution in [0.25, 0.3) is 0 Å². The fourth-order valence-corrected chi connectivity index (χ4v) is 2.40. The van der Waals surface area contributed by atoms with Crippen molar-refractivity contribution in [2.45, 2.75) is 52.5 Å². The van der Waals surface area contributed by atoms with E-state index in [-0.39, 0.29) is 0 Å². The third-order valence-corrected chi connectivity index (χ3v) is 3.71. The van der Waals surface area contributed by atoms with Crippen LogP contribution in [0.4, 0.5) is 0 Å². The maximum absolute atomic E-state index is 12.1. The van der Waals surface area contributed by atoms with Crippen molar-refractivity contribution in [1.82, 2.24) is 10.2 Å². The molecule has 1 amide bonds. The van der Waals surface area contributed by atoms with Crippen LogP contribution in [0.15, 0.2) is 0 Å². The van der Waals surface area contributed by atoms with Gasteiger partial charge in [-0.25, -0.2) is 0 Å². The van der Waals surface area contributed by atoms with Crippen LogP contribution in [0.3, 0.4) is 0 Å². The molecule has 1 N–H and O–H groups in total. The zero-order valence-corrected chi connectivity index (χ0v) is 11.0. The summed E-state index contributed by atoms with van der Waals surface area (Å²) in [6.45, 7) is 9.36. The van der Waals surface area contributed by atoms with Crippen molar-refractivity contribution >= 4 is 5.91 Å². The number of hydrogen-bond acceptors (Lipinski definition) is 2. The van der Waals surface area contributed by atoms with Crippen molar-refractivity contribution in [3.05, 3.63) is 0 Å². The summed E-state index contributed by atoms with van der Waals surface area (Å²) in [7, 11) is 0. The molecule has 1 atom stereocenters. The number of carbonyl (C=O) groups excluding carboxylic acids is 1. The van der Waals surface area contributed by atoms with Gasteiger partial charge >= 0.3 is 0 Å². The lowest BCUT2D eigenvalue weighted by Crippen LogP contribution is -2.40. The Kier molecular flexibility index (Phi) is 5.81. The SMILES string of the molecule is CCC(C)N(CC)C(=O)CC1CCNCC1. The number of amides is 1. The second-order valence-electron chi connectivity index (χ2n) is 4.83. The van der Waals surface area contributed by atoms with Gasteiger partial charge in [0.2, 0.25) is 5.91 Å². The summed E-state index contributed by atoms with van der Waals surface area (Å²) < 4.78 is 0. The number of nitrogens with zero attached hydrogens (tertiary/aromatic N) is 1. The molecule has 1 aliphatic heterocycles. The molecule has 3 nitrogen and oxygen atoms in total. The van der Waals surface area contributed by atoms with Gasteiger partial charge in [0.05, 0.1) is 0 Å². The molecule has 1 rings (SSSR count). The molecule has 0 aromatic carbocycles. The fraction of sp³-hybridized carbons (Fsp3) is 0.923. The molecule has 1 fully saturated rings. The molecule has 0 radical (unpaired) electrons. The van der Waals surface area contributed by atoms with E-state index in [1.807, 2.05) is 4.90 Å². The Bertz CT molecular complexity index is 212. The van der Waals surface area contributed by atoms with Crippen LogP contribution in [0.1, 0.15) is 46.5 Å². The molecule has 0 saturated carbocycles. The average Bonchev–Trinajstić information content (AvgIpc) is 2.31. The topological polar surface area (TPSA) is 32.3 Å². The van der Waals surface area contributed by atoms with Gasteiger partial charge in [0.15, 0.2) is 0 Å². The highest BCUT2D eigenvalue weighted by Gasteiger charge is 2.22. The Morgan fingerprint density at radius 2 is 2.00 bits per heavy atom. The van der Waals surface area contributed by atoms with Crippen LogP contribution in [-0.4, -0.2) is 36.5 Å². The van der Waals surface area contributed by atoms with Gasteiger partial charge < -0.3 is 10.2 Å². The zero-order valence-electron chi connectivity index (χ0n) is 11.0. The van der Waals surface area contributed by atoms with E-state index in [2.05, 4.69) is 26.1 Å². The molecular formula is C13H26N2O. The van der Waals surface area contributed by atoms with Gasteiger partial charge in [0, 0.05) is 19.0 Å². The summed E-state index contributed by atoms with van der Waals surface area (Å²) >= 11 is 0. The van der Waals surface area contributed by atoms with Crippen molar-refractivity contribution in [2.75, 3.05) is 19.6 Å². The highest BCUT2D eigenvalue weighted by atomic mass is 16.2. The Balaban J connectivity index is 2.41. The summed E-state index contributed by atoms with van der Waals surface area (Å²) in [5, 5.41) is 3.34. The van der Waals surface area contributed by atoms with Crippen molar-refractivity contribution in [2.24, 2.45) is 5.92 Å². The quantitative estimate of drug-likeness (QED) is 0.778. The van der Waals surface area contributed by atoms with Crippen LogP contribution >= 0.6 is 0 Å². The van der Waals surface area contributed by atoms with Crippen LogP contribution < -0.4 is 5.32 Å². The molecule has 0 aromatic rings. The second-order valence-corrected chi connectivity index (χ2v) is 4.83. The minimum atomic E-state index is 0.351. The lowest BCUT2D eigenvalue weighted by Gasteiger charge is -2.30. The molecule has 0 bridgehead atoms. The van der Waals surface area contributed by atoms with Gasteiger partial charge in [-0.05, 0) is 52.1 Å². The Hall–Kier alpha value is -0.570. The van der Waals surface area contributed by atoms with Crippen LogP contribution in [0, 0.1) is 5.92 Å². The third kappa shape index (κ3) is 3.78. The molecule has 94 valence electrons. The van der Waals surface area contributed by atoms with Crippen LogP contribution in [0.2, 0.25) is 0 Å². The normalized spacial score (nSPS) is 19.4.